The Kier molecular flexibility index (Phi) is 4.39. The van der Waals surface area contributed by atoms with E-state index in [-0.39, 0.29) is 23.5 Å². The van der Waals surface area contributed by atoms with Gasteiger partial charge in [0.05, 0.1) is 4.90 Å². The Labute approximate surface area is 130 Å². The molecule has 2 atom stereocenters. The molecule has 0 spiro atoms. The second kappa shape index (κ2) is 5.81. The average Bonchev–Trinajstić information content (AvgIpc) is 2.50. The third kappa shape index (κ3) is 2.55. The quantitative estimate of drug-likeness (QED) is 0.785. The van der Waals surface area contributed by atoms with Crippen LogP contribution in [-0.4, -0.2) is 37.8 Å². The van der Waals surface area contributed by atoms with Crippen molar-refractivity contribution in [3.63, 3.8) is 0 Å². The molecule has 120 valence electrons. The van der Waals surface area contributed by atoms with E-state index in [1.54, 1.807) is 18.2 Å². The van der Waals surface area contributed by atoms with Gasteiger partial charge in [-0.25, -0.2) is 12.7 Å². The standard InChI is InChI=1S/C15H19NO5S/c1-11(17)15(2)10-9-13(21-3)16(14(15)18)22(19,20)12-7-5-4-6-8-12/h4-8,13H,9-10H2,1-3H3/t13-,15-/m0/s1. The Morgan fingerprint density at radius 2 is 1.91 bits per heavy atom. The van der Waals surface area contributed by atoms with Crippen molar-refractivity contribution >= 4 is 21.7 Å². The summed E-state index contributed by atoms with van der Waals surface area (Å²) in [6.45, 7) is 2.79. The number of carbonyl (C=O) groups is 2. The molecule has 22 heavy (non-hydrogen) atoms. The molecular formula is C15H19NO5S. The van der Waals surface area contributed by atoms with Gasteiger partial charge < -0.3 is 4.74 Å². The average molecular weight is 325 g/mol. The predicted molar refractivity (Wildman–Crippen MR) is 79.3 cm³/mol. The van der Waals surface area contributed by atoms with Crippen molar-refractivity contribution in [3.05, 3.63) is 30.3 Å². The third-order valence-electron chi connectivity index (χ3n) is 4.17. The first-order valence-electron chi connectivity index (χ1n) is 6.93. The van der Waals surface area contributed by atoms with E-state index >= 15 is 0 Å². The van der Waals surface area contributed by atoms with Crippen LogP contribution in [0.3, 0.4) is 0 Å². The zero-order valence-electron chi connectivity index (χ0n) is 12.8. The minimum atomic E-state index is -4.07. The van der Waals surface area contributed by atoms with Crippen molar-refractivity contribution in [2.24, 2.45) is 5.41 Å². The normalized spacial score (nSPS) is 26.0. The first kappa shape index (κ1) is 16.6. The van der Waals surface area contributed by atoms with Crippen LogP contribution in [0.5, 0.6) is 0 Å². The minimum absolute atomic E-state index is 0.00166. The van der Waals surface area contributed by atoms with Gasteiger partial charge in [-0.3, -0.25) is 9.59 Å². The lowest BCUT2D eigenvalue weighted by atomic mass is 9.78. The summed E-state index contributed by atoms with van der Waals surface area (Å²) in [6.07, 6.45) is -0.352. The van der Waals surface area contributed by atoms with E-state index in [1.165, 1.54) is 33.1 Å². The number of piperidine rings is 1. The SMILES string of the molecule is CO[C@H]1CC[C@@](C)(C(C)=O)C(=O)N1S(=O)(=O)c1ccccc1. The van der Waals surface area contributed by atoms with Crippen LogP contribution in [0, 0.1) is 5.41 Å². The Bertz CT molecular complexity index is 685. The maximum absolute atomic E-state index is 12.8. The Morgan fingerprint density at radius 1 is 1.32 bits per heavy atom. The number of rotatable bonds is 4. The zero-order chi connectivity index (χ0) is 16.5. The van der Waals surface area contributed by atoms with Crippen molar-refractivity contribution in [1.82, 2.24) is 4.31 Å². The van der Waals surface area contributed by atoms with Gasteiger partial charge in [0.2, 0.25) is 0 Å². The molecule has 0 N–H and O–H groups in total. The molecule has 2 rings (SSSR count). The van der Waals surface area contributed by atoms with Gasteiger partial charge in [0, 0.05) is 7.11 Å². The van der Waals surface area contributed by atoms with Gasteiger partial charge in [0.25, 0.3) is 15.9 Å². The van der Waals surface area contributed by atoms with Crippen molar-refractivity contribution in [1.29, 1.82) is 0 Å². The van der Waals surface area contributed by atoms with Crippen LogP contribution in [0.4, 0.5) is 0 Å². The Morgan fingerprint density at radius 3 is 2.41 bits per heavy atom. The lowest BCUT2D eigenvalue weighted by Crippen LogP contribution is -2.57. The first-order valence-corrected chi connectivity index (χ1v) is 8.37. The largest absolute Gasteiger partial charge is 0.360 e. The summed E-state index contributed by atoms with van der Waals surface area (Å²) < 4.78 is 31.5. The van der Waals surface area contributed by atoms with E-state index in [4.69, 9.17) is 4.74 Å². The maximum atomic E-state index is 12.8. The highest BCUT2D eigenvalue weighted by atomic mass is 32.2. The fraction of sp³-hybridized carbons (Fsp3) is 0.467. The lowest BCUT2D eigenvalue weighted by Gasteiger charge is -2.41. The zero-order valence-corrected chi connectivity index (χ0v) is 13.6. The number of nitrogens with zero attached hydrogens (tertiary/aromatic N) is 1. The van der Waals surface area contributed by atoms with E-state index in [1.807, 2.05) is 0 Å². The number of sulfonamides is 1. The van der Waals surface area contributed by atoms with Gasteiger partial charge >= 0.3 is 0 Å². The molecule has 1 aliphatic heterocycles. The van der Waals surface area contributed by atoms with Crippen LogP contribution in [0.1, 0.15) is 26.7 Å². The number of Topliss-reactive ketones (excluding diaryl/α,β-unsaturated/α-hetero) is 1. The molecule has 0 unspecified atom stereocenters. The number of hydrogen-bond donors (Lipinski definition) is 0. The van der Waals surface area contributed by atoms with E-state index in [0.29, 0.717) is 4.31 Å². The third-order valence-corrected chi connectivity index (χ3v) is 5.96. The van der Waals surface area contributed by atoms with E-state index < -0.39 is 27.6 Å². The number of ether oxygens (including phenoxy) is 1. The van der Waals surface area contributed by atoms with Crippen LogP contribution < -0.4 is 0 Å². The van der Waals surface area contributed by atoms with Gasteiger partial charge in [-0.05, 0) is 38.8 Å². The number of hydrogen-bond acceptors (Lipinski definition) is 5. The topological polar surface area (TPSA) is 80.8 Å². The number of ketones is 1. The van der Waals surface area contributed by atoms with Crippen LogP contribution in [0.15, 0.2) is 35.2 Å². The fourth-order valence-corrected chi connectivity index (χ4v) is 4.17. The molecule has 0 aliphatic carbocycles. The minimum Gasteiger partial charge on any atom is -0.360 e. The van der Waals surface area contributed by atoms with Crippen LogP contribution in [-0.2, 0) is 24.3 Å². The molecule has 1 aromatic rings. The summed E-state index contributed by atoms with van der Waals surface area (Å²) in [5.41, 5.74) is -1.34. The molecule has 1 aliphatic rings. The molecular weight excluding hydrogens is 306 g/mol. The van der Waals surface area contributed by atoms with Crippen molar-refractivity contribution < 1.29 is 22.7 Å². The lowest BCUT2D eigenvalue weighted by molar-refractivity contribution is -0.157. The van der Waals surface area contributed by atoms with E-state index in [0.717, 1.165) is 0 Å². The Hall–Kier alpha value is -1.73. The molecule has 1 amide bonds. The number of methoxy groups -OCH3 is 1. The maximum Gasteiger partial charge on any atom is 0.268 e. The van der Waals surface area contributed by atoms with Gasteiger partial charge in [0.1, 0.15) is 17.4 Å². The highest BCUT2D eigenvalue weighted by Gasteiger charge is 2.51. The predicted octanol–water partition coefficient (Wildman–Crippen LogP) is 1.57. The van der Waals surface area contributed by atoms with Crippen LogP contribution in [0.2, 0.25) is 0 Å². The van der Waals surface area contributed by atoms with Crippen LogP contribution in [0.25, 0.3) is 0 Å². The molecule has 6 nitrogen and oxygen atoms in total. The molecule has 0 bridgehead atoms. The summed E-state index contributed by atoms with van der Waals surface area (Å²) in [7, 11) is -2.72. The van der Waals surface area contributed by atoms with Crippen molar-refractivity contribution in [2.75, 3.05) is 7.11 Å². The van der Waals surface area contributed by atoms with Crippen molar-refractivity contribution in [2.45, 2.75) is 37.8 Å². The molecule has 0 saturated carbocycles. The first-order chi connectivity index (χ1) is 10.2. The monoisotopic (exact) mass is 325 g/mol. The van der Waals surface area contributed by atoms with Crippen LogP contribution >= 0.6 is 0 Å². The second-order valence-electron chi connectivity index (χ2n) is 5.54. The summed E-state index contributed by atoms with van der Waals surface area (Å²) >= 11 is 0. The number of amides is 1. The van der Waals surface area contributed by atoms with Crippen molar-refractivity contribution in [3.8, 4) is 0 Å². The molecule has 1 fully saturated rings. The van der Waals surface area contributed by atoms with E-state index in [9.17, 15) is 18.0 Å². The second-order valence-corrected chi connectivity index (χ2v) is 7.35. The highest BCUT2D eigenvalue weighted by Crippen LogP contribution is 2.38. The number of carbonyl (C=O) groups excluding carboxylic acids is 2. The number of benzene rings is 1. The van der Waals surface area contributed by atoms with Gasteiger partial charge in [0.15, 0.2) is 0 Å². The van der Waals surface area contributed by atoms with E-state index in [2.05, 4.69) is 0 Å². The highest BCUT2D eigenvalue weighted by molar-refractivity contribution is 7.89. The summed E-state index contributed by atoms with van der Waals surface area (Å²) in [6, 6.07) is 7.66. The fourth-order valence-electron chi connectivity index (χ4n) is 2.52. The Balaban J connectivity index is 2.53. The smallest absolute Gasteiger partial charge is 0.268 e. The summed E-state index contributed by atoms with van der Waals surface area (Å²) in [5, 5.41) is 0. The molecule has 0 radical (unpaired) electrons. The van der Waals surface area contributed by atoms with Gasteiger partial charge in [-0.2, -0.15) is 0 Å². The molecule has 0 aromatic heterocycles. The molecule has 1 heterocycles. The van der Waals surface area contributed by atoms with Gasteiger partial charge in [-0.15, -0.1) is 0 Å². The summed E-state index contributed by atoms with van der Waals surface area (Å²) in [5.74, 6) is -1.08. The van der Waals surface area contributed by atoms with Gasteiger partial charge in [-0.1, -0.05) is 18.2 Å². The summed E-state index contributed by atoms with van der Waals surface area (Å²) in [4.78, 5) is 24.6. The molecule has 1 aromatic carbocycles. The molecule has 1 saturated heterocycles. The molecule has 7 heteroatoms.